The molecule has 7 heteroatoms. The SMILES string of the molecule is O=C(CSc1nc2ccccc2n1Cc1ccccc1)NN=Cc1ccccc1Br. The third kappa shape index (κ3) is 4.98. The minimum atomic E-state index is -0.179. The van der Waals surface area contributed by atoms with E-state index in [1.807, 2.05) is 60.7 Å². The van der Waals surface area contributed by atoms with Crippen LogP contribution in [0.25, 0.3) is 11.0 Å². The molecule has 4 rings (SSSR count). The Morgan fingerprint density at radius 3 is 2.60 bits per heavy atom. The van der Waals surface area contributed by atoms with Crippen molar-refractivity contribution in [3.63, 3.8) is 0 Å². The molecule has 0 aliphatic carbocycles. The molecule has 0 aliphatic heterocycles. The number of rotatable bonds is 7. The molecule has 1 aromatic heterocycles. The molecule has 0 unspecified atom stereocenters. The zero-order valence-electron chi connectivity index (χ0n) is 16.0. The molecule has 1 N–H and O–H groups in total. The van der Waals surface area contributed by atoms with Crippen molar-refractivity contribution >= 4 is 50.8 Å². The average molecular weight is 479 g/mol. The molecule has 0 radical (unpaired) electrons. The van der Waals surface area contributed by atoms with Crippen molar-refractivity contribution in [2.45, 2.75) is 11.7 Å². The summed E-state index contributed by atoms with van der Waals surface area (Å²) in [6, 6.07) is 25.9. The van der Waals surface area contributed by atoms with Gasteiger partial charge in [0.05, 0.1) is 29.5 Å². The van der Waals surface area contributed by atoms with Gasteiger partial charge >= 0.3 is 0 Å². The molecule has 150 valence electrons. The third-order valence-corrected chi connectivity index (χ3v) is 6.13. The number of nitrogens with zero attached hydrogens (tertiary/aromatic N) is 3. The van der Waals surface area contributed by atoms with Crippen LogP contribution in [0.3, 0.4) is 0 Å². The number of fused-ring (bicyclic) bond motifs is 1. The quantitative estimate of drug-likeness (QED) is 0.228. The maximum absolute atomic E-state index is 12.3. The van der Waals surface area contributed by atoms with Crippen LogP contribution >= 0.6 is 27.7 Å². The van der Waals surface area contributed by atoms with E-state index in [1.54, 1.807) is 6.21 Å². The number of nitrogens with one attached hydrogen (secondary N) is 1. The topological polar surface area (TPSA) is 59.3 Å². The lowest BCUT2D eigenvalue weighted by Crippen LogP contribution is -2.20. The Morgan fingerprint density at radius 1 is 1.03 bits per heavy atom. The summed E-state index contributed by atoms with van der Waals surface area (Å²) in [4.78, 5) is 17.0. The first-order chi connectivity index (χ1) is 14.7. The van der Waals surface area contributed by atoms with Gasteiger partial charge in [-0.1, -0.05) is 88.4 Å². The molecular formula is C23H19BrN4OS. The van der Waals surface area contributed by atoms with E-state index in [0.29, 0.717) is 6.54 Å². The van der Waals surface area contributed by atoms with Gasteiger partial charge in [-0.3, -0.25) is 4.79 Å². The number of hydrogen-bond acceptors (Lipinski definition) is 4. The predicted octanol–water partition coefficient (Wildman–Crippen LogP) is 5.09. The summed E-state index contributed by atoms with van der Waals surface area (Å²) >= 11 is 4.86. The molecule has 4 aromatic rings. The second kappa shape index (κ2) is 9.73. The van der Waals surface area contributed by atoms with E-state index in [1.165, 1.54) is 17.3 Å². The van der Waals surface area contributed by atoms with Crippen molar-refractivity contribution in [2.24, 2.45) is 5.10 Å². The van der Waals surface area contributed by atoms with Gasteiger partial charge in [-0.2, -0.15) is 5.10 Å². The minimum Gasteiger partial charge on any atom is -0.314 e. The lowest BCUT2D eigenvalue weighted by Gasteiger charge is -2.09. The van der Waals surface area contributed by atoms with Crippen LogP contribution in [-0.2, 0) is 11.3 Å². The van der Waals surface area contributed by atoms with Gasteiger partial charge in [0.25, 0.3) is 5.91 Å². The number of halogens is 1. The lowest BCUT2D eigenvalue weighted by atomic mass is 10.2. The number of amides is 1. The highest BCUT2D eigenvalue weighted by atomic mass is 79.9. The Bertz CT molecular complexity index is 1190. The number of hydrogen-bond donors (Lipinski definition) is 1. The van der Waals surface area contributed by atoms with Crippen LogP contribution in [0.15, 0.2) is 93.6 Å². The molecule has 0 saturated heterocycles. The largest absolute Gasteiger partial charge is 0.314 e. The highest BCUT2D eigenvalue weighted by molar-refractivity contribution is 9.10. The summed E-state index contributed by atoms with van der Waals surface area (Å²) in [6.07, 6.45) is 1.62. The maximum atomic E-state index is 12.3. The van der Waals surface area contributed by atoms with E-state index in [0.717, 1.165) is 26.2 Å². The highest BCUT2D eigenvalue weighted by Gasteiger charge is 2.13. The molecule has 1 heterocycles. The van der Waals surface area contributed by atoms with Gasteiger partial charge in [-0.05, 0) is 23.8 Å². The minimum absolute atomic E-state index is 0.179. The number of para-hydroxylation sites is 2. The van der Waals surface area contributed by atoms with E-state index >= 15 is 0 Å². The third-order valence-electron chi connectivity index (χ3n) is 4.43. The molecular weight excluding hydrogens is 460 g/mol. The van der Waals surface area contributed by atoms with E-state index in [9.17, 15) is 4.79 Å². The van der Waals surface area contributed by atoms with Crippen LogP contribution in [0.2, 0.25) is 0 Å². The smallest absolute Gasteiger partial charge is 0.250 e. The number of carbonyl (C=O) groups is 1. The summed E-state index contributed by atoms with van der Waals surface area (Å²) in [6.45, 7) is 0.700. The van der Waals surface area contributed by atoms with Crippen molar-refractivity contribution in [3.8, 4) is 0 Å². The Hall–Kier alpha value is -2.90. The van der Waals surface area contributed by atoms with Crippen LogP contribution in [0.1, 0.15) is 11.1 Å². The Balaban J connectivity index is 1.45. The van der Waals surface area contributed by atoms with Gasteiger partial charge in [-0.25, -0.2) is 10.4 Å². The van der Waals surface area contributed by atoms with Crippen LogP contribution in [-0.4, -0.2) is 27.4 Å². The Kier molecular flexibility index (Phi) is 6.61. The second-order valence-corrected chi connectivity index (χ2v) is 8.36. The molecule has 0 atom stereocenters. The van der Waals surface area contributed by atoms with Crippen molar-refractivity contribution in [1.29, 1.82) is 0 Å². The zero-order chi connectivity index (χ0) is 20.8. The van der Waals surface area contributed by atoms with Gasteiger partial charge in [0.15, 0.2) is 5.16 Å². The number of imidazole rings is 1. The van der Waals surface area contributed by atoms with E-state index in [4.69, 9.17) is 4.98 Å². The van der Waals surface area contributed by atoms with Crippen LogP contribution in [0, 0.1) is 0 Å². The number of benzene rings is 3. The summed E-state index contributed by atoms with van der Waals surface area (Å²) in [5.74, 6) is 0.0485. The fraction of sp³-hybridized carbons (Fsp3) is 0.0870. The molecule has 0 bridgehead atoms. The van der Waals surface area contributed by atoms with E-state index in [-0.39, 0.29) is 11.7 Å². The van der Waals surface area contributed by atoms with Gasteiger partial charge in [0.1, 0.15) is 0 Å². The molecule has 0 saturated carbocycles. The molecule has 5 nitrogen and oxygen atoms in total. The standard InChI is InChI=1S/C23H19BrN4OS/c24-19-11-5-4-10-18(19)14-25-27-22(29)16-30-23-26-20-12-6-7-13-21(20)28(23)15-17-8-2-1-3-9-17/h1-14H,15-16H2,(H,27,29). The maximum Gasteiger partial charge on any atom is 0.250 e. The van der Waals surface area contributed by atoms with Crippen molar-refractivity contribution < 1.29 is 4.79 Å². The van der Waals surface area contributed by atoms with Crippen LogP contribution < -0.4 is 5.43 Å². The molecule has 3 aromatic carbocycles. The van der Waals surface area contributed by atoms with Crippen LogP contribution in [0.4, 0.5) is 0 Å². The average Bonchev–Trinajstić information content (AvgIpc) is 3.12. The monoisotopic (exact) mass is 478 g/mol. The van der Waals surface area contributed by atoms with Crippen molar-refractivity contribution in [1.82, 2.24) is 15.0 Å². The van der Waals surface area contributed by atoms with Gasteiger partial charge in [-0.15, -0.1) is 0 Å². The van der Waals surface area contributed by atoms with Gasteiger partial charge in [0.2, 0.25) is 0 Å². The predicted molar refractivity (Wildman–Crippen MR) is 126 cm³/mol. The van der Waals surface area contributed by atoms with E-state index < -0.39 is 0 Å². The first-order valence-electron chi connectivity index (χ1n) is 9.39. The molecule has 0 aliphatic rings. The van der Waals surface area contributed by atoms with Gasteiger partial charge in [0, 0.05) is 10.0 Å². The van der Waals surface area contributed by atoms with E-state index in [2.05, 4.69) is 49.2 Å². The Morgan fingerprint density at radius 2 is 1.77 bits per heavy atom. The molecule has 30 heavy (non-hydrogen) atoms. The first-order valence-corrected chi connectivity index (χ1v) is 11.2. The van der Waals surface area contributed by atoms with Crippen LogP contribution in [0.5, 0.6) is 0 Å². The fourth-order valence-electron chi connectivity index (χ4n) is 3.00. The van der Waals surface area contributed by atoms with Gasteiger partial charge < -0.3 is 4.57 Å². The number of carbonyl (C=O) groups excluding carboxylic acids is 1. The molecule has 1 amide bonds. The Labute approximate surface area is 187 Å². The normalized spacial score (nSPS) is 11.2. The zero-order valence-corrected chi connectivity index (χ0v) is 18.4. The molecule has 0 spiro atoms. The summed E-state index contributed by atoms with van der Waals surface area (Å²) in [7, 11) is 0. The van der Waals surface area contributed by atoms with Crippen molar-refractivity contribution in [3.05, 3.63) is 94.5 Å². The molecule has 0 fully saturated rings. The number of aromatic nitrogens is 2. The lowest BCUT2D eigenvalue weighted by molar-refractivity contribution is -0.118. The first kappa shape index (κ1) is 20.4. The summed E-state index contributed by atoms with van der Waals surface area (Å²) in [5.41, 5.74) is 6.64. The number of hydrazone groups is 1. The highest BCUT2D eigenvalue weighted by Crippen LogP contribution is 2.25. The summed E-state index contributed by atoms with van der Waals surface area (Å²) in [5, 5.41) is 4.86. The van der Waals surface area contributed by atoms with Crippen molar-refractivity contribution in [2.75, 3.05) is 5.75 Å². The fourth-order valence-corrected chi connectivity index (χ4v) is 4.19. The second-order valence-electron chi connectivity index (χ2n) is 6.56. The summed E-state index contributed by atoms with van der Waals surface area (Å²) < 4.78 is 3.07. The number of thioether (sulfide) groups is 1.